The molecule has 21 heavy (non-hydrogen) atoms. The van der Waals surface area contributed by atoms with Gasteiger partial charge in [0.2, 0.25) is 5.78 Å². The van der Waals surface area contributed by atoms with Crippen LogP contribution in [0.4, 0.5) is 0 Å². The van der Waals surface area contributed by atoms with Crippen LogP contribution in [0.1, 0.15) is 16.1 Å². The van der Waals surface area contributed by atoms with Gasteiger partial charge in [0.15, 0.2) is 0 Å². The zero-order valence-electron chi connectivity index (χ0n) is 11.3. The number of ketones is 1. The molecule has 0 unspecified atom stereocenters. The van der Waals surface area contributed by atoms with Gasteiger partial charge in [-0.3, -0.25) is 4.79 Å². The van der Waals surface area contributed by atoms with E-state index in [9.17, 15) is 4.79 Å². The minimum Gasteiger partial charge on any atom is -0.495 e. The summed E-state index contributed by atoms with van der Waals surface area (Å²) in [5.41, 5.74) is 1.70. The van der Waals surface area contributed by atoms with E-state index in [1.807, 2.05) is 30.3 Å². The average molecular weight is 298 g/mol. The molecule has 0 aliphatic rings. The van der Waals surface area contributed by atoms with Gasteiger partial charge in [-0.1, -0.05) is 35.9 Å². The number of hydrogen-bond acceptors (Lipinski definition) is 3. The van der Waals surface area contributed by atoms with Crippen molar-refractivity contribution in [2.24, 2.45) is 0 Å². The molecular formula is C17H12ClNO2. The molecule has 0 amide bonds. The van der Waals surface area contributed by atoms with Gasteiger partial charge in [-0.15, -0.1) is 0 Å². The molecule has 104 valence electrons. The summed E-state index contributed by atoms with van der Waals surface area (Å²) in [5, 5.41) is 1.48. The maximum absolute atomic E-state index is 12.5. The average Bonchev–Trinajstić information content (AvgIpc) is 2.54. The van der Waals surface area contributed by atoms with Crippen LogP contribution in [-0.2, 0) is 0 Å². The second kappa shape index (κ2) is 5.54. The highest BCUT2D eigenvalue weighted by atomic mass is 35.5. The second-order valence-electron chi connectivity index (χ2n) is 4.57. The van der Waals surface area contributed by atoms with Gasteiger partial charge in [0.05, 0.1) is 17.6 Å². The molecule has 0 spiro atoms. The number of para-hydroxylation sites is 1. The summed E-state index contributed by atoms with van der Waals surface area (Å²) in [5.74, 6) is 0.319. The Hall–Kier alpha value is -2.39. The Morgan fingerprint density at radius 2 is 1.90 bits per heavy atom. The molecule has 0 aliphatic heterocycles. The number of benzene rings is 2. The highest BCUT2D eigenvalue weighted by Crippen LogP contribution is 2.26. The van der Waals surface area contributed by atoms with Crippen molar-refractivity contribution in [2.45, 2.75) is 0 Å². The van der Waals surface area contributed by atoms with E-state index in [2.05, 4.69) is 4.98 Å². The Morgan fingerprint density at radius 3 is 2.71 bits per heavy atom. The Morgan fingerprint density at radius 1 is 1.10 bits per heavy atom. The molecule has 1 aromatic heterocycles. The standard InChI is InChI=1S/C17H12ClNO2/c1-21-16-10-12(6-8-13(16)18)17(20)15-9-7-11-4-2-3-5-14(11)19-15/h2-10H,1H3. The van der Waals surface area contributed by atoms with Crippen molar-refractivity contribution in [3.63, 3.8) is 0 Å². The van der Waals surface area contributed by atoms with Gasteiger partial charge in [0.1, 0.15) is 11.4 Å². The Kier molecular flexibility index (Phi) is 3.59. The third kappa shape index (κ3) is 2.60. The number of rotatable bonds is 3. The van der Waals surface area contributed by atoms with E-state index in [1.165, 1.54) is 7.11 Å². The fourth-order valence-electron chi connectivity index (χ4n) is 2.14. The van der Waals surface area contributed by atoms with E-state index in [-0.39, 0.29) is 5.78 Å². The zero-order chi connectivity index (χ0) is 14.8. The first-order chi connectivity index (χ1) is 10.2. The molecule has 0 bridgehead atoms. The molecule has 3 rings (SSSR count). The smallest absolute Gasteiger partial charge is 0.211 e. The SMILES string of the molecule is COc1cc(C(=O)c2ccc3ccccc3n2)ccc1Cl. The number of hydrogen-bond donors (Lipinski definition) is 0. The van der Waals surface area contributed by atoms with Crippen molar-refractivity contribution in [2.75, 3.05) is 7.11 Å². The van der Waals surface area contributed by atoms with Gasteiger partial charge < -0.3 is 4.74 Å². The van der Waals surface area contributed by atoms with Crippen LogP contribution in [0.2, 0.25) is 5.02 Å². The van der Waals surface area contributed by atoms with Crippen molar-refractivity contribution >= 4 is 28.3 Å². The summed E-state index contributed by atoms with van der Waals surface area (Å²) in [4.78, 5) is 16.9. The quantitative estimate of drug-likeness (QED) is 0.682. The van der Waals surface area contributed by atoms with Gasteiger partial charge in [0.25, 0.3) is 0 Å². The molecule has 0 N–H and O–H groups in total. The summed E-state index contributed by atoms with van der Waals surface area (Å²) in [6.07, 6.45) is 0. The first kappa shape index (κ1) is 13.6. The molecule has 0 fully saturated rings. The summed E-state index contributed by atoms with van der Waals surface area (Å²) >= 11 is 5.97. The normalized spacial score (nSPS) is 10.6. The molecule has 0 saturated carbocycles. The summed E-state index contributed by atoms with van der Waals surface area (Å²) < 4.78 is 5.14. The van der Waals surface area contributed by atoms with Crippen molar-refractivity contribution in [1.82, 2.24) is 4.98 Å². The summed E-state index contributed by atoms with van der Waals surface area (Å²) in [6, 6.07) is 16.2. The van der Waals surface area contributed by atoms with Crippen LogP contribution in [0.5, 0.6) is 5.75 Å². The lowest BCUT2D eigenvalue weighted by atomic mass is 10.1. The van der Waals surface area contributed by atoms with Crippen molar-refractivity contribution < 1.29 is 9.53 Å². The minimum atomic E-state index is -0.157. The monoisotopic (exact) mass is 297 g/mol. The van der Waals surface area contributed by atoms with Gasteiger partial charge in [-0.2, -0.15) is 0 Å². The van der Waals surface area contributed by atoms with Crippen LogP contribution < -0.4 is 4.74 Å². The Labute approximate surface area is 127 Å². The molecule has 0 atom stereocenters. The molecule has 2 aromatic carbocycles. The third-order valence-electron chi connectivity index (χ3n) is 3.24. The largest absolute Gasteiger partial charge is 0.495 e. The lowest BCUT2D eigenvalue weighted by Crippen LogP contribution is -2.04. The first-order valence-electron chi connectivity index (χ1n) is 6.43. The highest BCUT2D eigenvalue weighted by molar-refractivity contribution is 6.32. The van der Waals surface area contributed by atoms with Gasteiger partial charge in [0, 0.05) is 10.9 Å². The Balaban J connectivity index is 2.03. The number of ether oxygens (including phenoxy) is 1. The van der Waals surface area contributed by atoms with E-state index in [0.29, 0.717) is 22.0 Å². The van der Waals surface area contributed by atoms with Crippen molar-refractivity contribution in [1.29, 1.82) is 0 Å². The topological polar surface area (TPSA) is 39.2 Å². The fourth-order valence-corrected chi connectivity index (χ4v) is 2.34. The van der Waals surface area contributed by atoms with Crippen LogP contribution in [0.3, 0.4) is 0 Å². The molecule has 4 heteroatoms. The summed E-state index contributed by atoms with van der Waals surface area (Å²) in [7, 11) is 1.52. The number of halogens is 1. The molecular weight excluding hydrogens is 286 g/mol. The van der Waals surface area contributed by atoms with Gasteiger partial charge in [-0.25, -0.2) is 4.98 Å². The predicted molar refractivity (Wildman–Crippen MR) is 83.2 cm³/mol. The van der Waals surface area contributed by atoms with Gasteiger partial charge in [-0.05, 0) is 30.3 Å². The molecule has 0 aliphatic carbocycles. The van der Waals surface area contributed by atoms with Crippen LogP contribution >= 0.6 is 11.6 Å². The molecule has 1 heterocycles. The van der Waals surface area contributed by atoms with Crippen LogP contribution in [0.25, 0.3) is 10.9 Å². The summed E-state index contributed by atoms with van der Waals surface area (Å²) in [6.45, 7) is 0. The fraction of sp³-hybridized carbons (Fsp3) is 0.0588. The number of carbonyl (C=O) groups is 1. The number of aromatic nitrogens is 1. The van der Waals surface area contributed by atoms with Gasteiger partial charge >= 0.3 is 0 Å². The molecule has 0 saturated heterocycles. The van der Waals surface area contributed by atoms with Crippen LogP contribution in [-0.4, -0.2) is 17.9 Å². The lowest BCUT2D eigenvalue weighted by molar-refractivity contribution is 0.103. The minimum absolute atomic E-state index is 0.157. The number of methoxy groups -OCH3 is 1. The zero-order valence-corrected chi connectivity index (χ0v) is 12.1. The number of carbonyl (C=O) groups excluding carboxylic acids is 1. The Bertz CT molecular complexity index is 830. The molecule has 3 aromatic rings. The van der Waals surface area contributed by atoms with E-state index in [0.717, 1.165) is 10.9 Å². The van der Waals surface area contributed by atoms with E-state index < -0.39 is 0 Å². The predicted octanol–water partition coefficient (Wildman–Crippen LogP) is 4.13. The second-order valence-corrected chi connectivity index (χ2v) is 4.97. The van der Waals surface area contributed by atoms with Crippen molar-refractivity contribution in [3.8, 4) is 5.75 Å². The number of nitrogens with zero attached hydrogens (tertiary/aromatic N) is 1. The third-order valence-corrected chi connectivity index (χ3v) is 3.56. The maximum Gasteiger partial charge on any atom is 0.211 e. The lowest BCUT2D eigenvalue weighted by Gasteiger charge is -2.06. The van der Waals surface area contributed by atoms with E-state index in [4.69, 9.17) is 16.3 Å². The van der Waals surface area contributed by atoms with Crippen LogP contribution in [0.15, 0.2) is 54.6 Å². The van der Waals surface area contributed by atoms with E-state index >= 15 is 0 Å². The maximum atomic E-state index is 12.5. The molecule has 3 nitrogen and oxygen atoms in total. The first-order valence-corrected chi connectivity index (χ1v) is 6.81. The van der Waals surface area contributed by atoms with E-state index in [1.54, 1.807) is 24.3 Å². The number of pyridine rings is 1. The highest BCUT2D eigenvalue weighted by Gasteiger charge is 2.13. The molecule has 0 radical (unpaired) electrons. The number of fused-ring (bicyclic) bond motifs is 1. The van der Waals surface area contributed by atoms with Crippen LogP contribution in [0, 0.1) is 0 Å². The van der Waals surface area contributed by atoms with Crippen molar-refractivity contribution in [3.05, 3.63) is 70.9 Å².